The number of urea groups is 1. The highest BCUT2D eigenvalue weighted by Gasteiger charge is 2.34. The number of anilines is 1. The van der Waals surface area contributed by atoms with Crippen molar-refractivity contribution in [3.8, 4) is 5.69 Å². The molecule has 1 unspecified atom stereocenters. The molecular formula is C26H28F5N5O. The van der Waals surface area contributed by atoms with Gasteiger partial charge in [0.15, 0.2) is 0 Å². The van der Waals surface area contributed by atoms with Crippen LogP contribution in [0.25, 0.3) is 22.3 Å². The highest BCUT2D eigenvalue weighted by molar-refractivity contribution is 5.90. The first-order valence-corrected chi connectivity index (χ1v) is 11.5. The number of fused-ring (bicyclic) bond motifs is 1. The van der Waals surface area contributed by atoms with Crippen LogP contribution >= 0.6 is 0 Å². The molecule has 2 amide bonds. The lowest BCUT2D eigenvalue weighted by Crippen LogP contribution is -2.41. The highest BCUT2D eigenvalue weighted by Crippen LogP contribution is 2.28. The van der Waals surface area contributed by atoms with Gasteiger partial charge >= 0.3 is 12.2 Å². The number of carbonyl (C=O) groups excluding carboxylic acids is 1. The molecule has 1 aromatic heterocycles. The van der Waals surface area contributed by atoms with Crippen LogP contribution in [0.3, 0.4) is 0 Å². The van der Waals surface area contributed by atoms with Gasteiger partial charge in [0.05, 0.1) is 17.1 Å². The number of nitrogens with zero attached hydrogens (tertiary/aromatic N) is 3. The van der Waals surface area contributed by atoms with E-state index >= 15 is 0 Å². The summed E-state index contributed by atoms with van der Waals surface area (Å²) in [6.45, 7) is 4.99. The normalized spacial score (nSPS) is 13.4. The van der Waals surface area contributed by atoms with Crippen LogP contribution in [-0.4, -0.2) is 52.2 Å². The zero-order chi connectivity index (χ0) is 27.4. The van der Waals surface area contributed by atoms with Gasteiger partial charge in [-0.25, -0.2) is 18.6 Å². The molecule has 0 aliphatic rings. The summed E-state index contributed by atoms with van der Waals surface area (Å²) in [5, 5.41) is 4.14. The van der Waals surface area contributed by atoms with Crippen molar-refractivity contribution in [3.05, 3.63) is 73.2 Å². The lowest BCUT2D eigenvalue weighted by Gasteiger charge is -2.31. The molecule has 6 nitrogen and oxygen atoms in total. The summed E-state index contributed by atoms with van der Waals surface area (Å²) in [5.41, 5.74) is 3.67. The summed E-state index contributed by atoms with van der Waals surface area (Å²) in [4.78, 5) is 17.7. The van der Waals surface area contributed by atoms with E-state index in [0.29, 0.717) is 22.5 Å². The van der Waals surface area contributed by atoms with Gasteiger partial charge in [0.1, 0.15) is 12.9 Å². The van der Waals surface area contributed by atoms with Crippen molar-refractivity contribution in [3.63, 3.8) is 0 Å². The van der Waals surface area contributed by atoms with Crippen LogP contribution in [0.4, 0.5) is 32.4 Å². The number of aromatic nitrogens is 2. The average molecular weight is 522 g/mol. The molecule has 0 spiro atoms. The van der Waals surface area contributed by atoms with Crippen LogP contribution < -0.4 is 10.6 Å². The monoisotopic (exact) mass is 521 g/mol. The molecule has 3 aromatic rings. The Bertz CT molecular complexity index is 1290. The Balaban J connectivity index is 1.85. The topological polar surface area (TPSA) is 62.2 Å². The maximum Gasteiger partial charge on any atom is 0.405 e. The molecule has 1 atom stereocenters. The van der Waals surface area contributed by atoms with Crippen LogP contribution in [-0.2, 0) is 0 Å². The number of amides is 2. The number of carbonyl (C=O) groups is 1. The number of benzene rings is 2. The molecule has 37 heavy (non-hydrogen) atoms. The molecule has 3 rings (SSSR count). The predicted octanol–water partition coefficient (Wildman–Crippen LogP) is 6.60. The Labute approximate surface area is 211 Å². The molecule has 11 heteroatoms. The van der Waals surface area contributed by atoms with Crippen molar-refractivity contribution in [2.24, 2.45) is 0 Å². The summed E-state index contributed by atoms with van der Waals surface area (Å²) in [7, 11) is 1.60. The second-order valence-electron chi connectivity index (χ2n) is 8.63. The Morgan fingerprint density at radius 3 is 2.54 bits per heavy atom. The van der Waals surface area contributed by atoms with Crippen LogP contribution in [0.2, 0.25) is 0 Å². The third-order valence-electron chi connectivity index (χ3n) is 5.74. The van der Waals surface area contributed by atoms with Gasteiger partial charge in [0, 0.05) is 31.5 Å². The molecule has 0 saturated carbocycles. The summed E-state index contributed by atoms with van der Waals surface area (Å²) in [6.07, 6.45) is 0.556. The quantitative estimate of drug-likeness (QED) is 0.246. The SMILES string of the molecule is C=C/C(=C\N(C)C(CC)C(C)(F)F)c1ccc2c(c1)ncn2-c1cccc(NC(=O)NCC(F)(F)F)c1. The lowest BCUT2D eigenvalue weighted by atomic mass is 10.0. The van der Waals surface area contributed by atoms with Crippen LogP contribution in [0.15, 0.2) is 67.6 Å². The number of hydrogen-bond donors (Lipinski definition) is 2. The van der Waals surface area contributed by atoms with E-state index in [0.717, 1.165) is 18.0 Å². The molecule has 2 N–H and O–H groups in total. The minimum Gasteiger partial charge on any atom is -0.371 e. The van der Waals surface area contributed by atoms with Crippen molar-refractivity contribution < 1.29 is 26.7 Å². The minimum absolute atomic E-state index is 0.266. The summed E-state index contributed by atoms with van der Waals surface area (Å²) < 4.78 is 66.7. The first kappa shape index (κ1) is 27.7. The maximum absolute atomic E-state index is 14.0. The number of nitrogens with one attached hydrogen (secondary N) is 2. The molecule has 198 valence electrons. The van der Waals surface area contributed by atoms with Crippen molar-refractivity contribution in [2.75, 3.05) is 18.9 Å². The zero-order valence-corrected chi connectivity index (χ0v) is 20.6. The number of imidazole rings is 1. The van der Waals surface area contributed by atoms with Gasteiger partial charge in [-0.05, 0) is 47.9 Å². The van der Waals surface area contributed by atoms with E-state index in [1.807, 2.05) is 18.2 Å². The van der Waals surface area contributed by atoms with E-state index in [1.54, 1.807) is 66.7 Å². The molecule has 2 aromatic carbocycles. The first-order chi connectivity index (χ1) is 17.3. The lowest BCUT2D eigenvalue weighted by molar-refractivity contribution is -0.122. The van der Waals surface area contributed by atoms with Gasteiger partial charge in [-0.3, -0.25) is 4.57 Å². The number of hydrogen-bond acceptors (Lipinski definition) is 3. The van der Waals surface area contributed by atoms with Crippen LogP contribution in [0.5, 0.6) is 0 Å². The molecule has 0 saturated heterocycles. The third kappa shape index (κ3) is 7.08. The van der Waals surface area contributed by atoms with E-state index < -0.39 is 30.7 Å². The van der Waals surface area contributed by atoms with Crippen molar-refractivity contribution in [2.45, 2.75) is 38.4 Å². The fraction of sp³-hybridized carbons (Fsp3) is 0.308. The molecule has 0 aliphatic heterocycles. The summed E-state index contributed by atoms with van der Waals surface area (Å²) in [6, 6.07) is 10.1. The zero-order valence-electron chi connectivity index (χ0n) is 20.6. The van der Waals surface area contributed by atoms with Crippen LogP contribution in [0.1, 0.15) is 25.8 Å². The minimum atomic E-state index is -4.51. The van der Waals surface area contributed by atoms with Gasteiger partial charge in [-0.1, -0.05) is 31.7 Å². The second kappa shape index (κ2) is 11.0. The second-order valence-corrected chi connectivity index (χ2v) is 8.63. The highest BCUT2D eigenvalue weighted by atomic mass is 19.4. The fourth-order valence-corrected chi connectivity index (χ4v) is 4.05. The van der Waals surface area contributed by atoms with Gasteiger partial charge in [-0.2, -0.15) is 13.2 Å². The van der Waals surface area contributed by atoms with Gasteiger partial charge in [0.2, 0.25) is 0 Å². The molecule has 0 bridgehead atoms. The first-order valence-electron chi connectivity index (χ1n) is 11.5. The van der Waals surface area contributed by atoms with E-state index in [4.69, 9.17) is 0 Å². The van der Waals surface area contributed by atoms with Crippen molar-refractivity contribution in [1.29, 1.82) is 0 Å². The third-order valence-corrected chi connectivity index (χ3v) is 5.74. The molecular weight excluding hydrogens is 493 g/mol. The Morgan fingerprint density at radius 1 is 1.19 bits per heavy atom. The number of halogens is 5. The Morgan fingerprint density at radius 2 is 1.92 bits per heavy atom. The van der Waals surface area contributed by atoms with Gasteiger partial charge in [-0.15, -0.1) is 0 Å². The largest absolute Gasteiger partial charge is 0.405 e. The molecule has 0 aliphatic carbocycles. The van der Waals surface area contributed by atoms with Crippen LogP contribution in [0, 0.1) is 0 Å². The fourth-order valence-electron chi connectivity index (χ4n) is 4.05. The van der Waals surface area contributed by atoms with Crippen molar-refractivity contribution in [1.82, 2.24) is 19.8 Å². The molecule has 0 fully saturated rings. The number of rotatable bonds is 9. The van der Waals surface area contributed by atoms with Gasteiger partial charge < -0.3 is 15.5 Å². The van der Waals surface area contributed by atoms with E-state index in [9.17, 15) is 26.7 Å². The Kier molecular flexibility index (Phi) is 8.25. The average Bonchev–Trinajstić information content (AvgIpc) is 3.24. The Hall–Kier alpha value is -3.89. The number of allylic oxidation sites excluding steroid dienone is 2. The number of alkyl halides is 5. The molecule has 0 radical (unpaired) electrons. The standard InChI is InChI=1S/C26H28F5N5O/c1-5-17(14-35(4)23(6-2)25(3,27)28)18-10-11-22-21(12-18)33-16-36(22)20-9-7-8-19(13-20)34-24(37)32-15-26(29,30)31/h5,7-14,16,23H,1,6,15H2,2-4H3,(H2,32,34,37)/b17-14+. The van der Waals surface area contributed by atoms with Crippen molar-refractivity contribution >= 4 is 28.3 Å². The summed E-state index contributed by atoms with van der Waals surface area (Å²) in [5.74, 6) is -2.88. The smallest absolute Gasteiger partial charge is 0.371 e. The van der Waals surface area contributed by atoms with E-state index in [2.05, 4.69) is 16.9 Å². The predicted molar refractivity (Wildman–Crippen MR) is 135 cm³/mol. The van der Waals surface area contributed by atoms with E-state index in [-0.39, 0.29) is 6.42 Å². The molecule has 1 heterocycles. The summed E-state index contributed by atoms with van der Waals surface area (Å²) >= 11 is 0. The van der Waals surface area contributed by atoms with E-state index in [1.165, 1.54) is 4.90 Å². The van der Waals surface area contributed by atoms with Gasteiger partial charge in [0.25, 0.3) is 5.92 Å². The maximum atomic E-state index is 14.0.